The van der Waals surface area contributed by atoms with Crippen LogP contribution in [0, 0.1) is 0 Å². The van der Waals surface area contributed by atoms with Crippen LogP contribution < -0.4 is 15.4 Å². The van der Waals surface area contributed by atoms with Crippen molar-refractivity contribution in [3.8, 4) is 11.5 Å². The molecule has 2 amide bonds. The van der Waals surface area contributed by atoms with Gasteiger partial charge in [0.1, 0.15) is 17.5 Å². The number of hydrogen-bond donors (Lipinski definition) is 2. The third-order valence-electron chi connectivity index (χ3n) is 3.45. The lowest BCUT2D eigenvalue weighted by molar-refractivity contribution is -0.129. The molecule has 0 saturated heterocycles. The summed E-state index contributed by atoms with van der Waals surface area (Å²) in [6.07, 6.45) is 0. The average molecular weight is 377 g/mol. The van der Waals surface area contributed by atoms with E-state index in [1.54, 1.807) is 12.1 Å². The quantitative estimate of drug-likeness (QED) is 0.742. The van der Waals surface area contributed by atoms with Crippen molar-refractivity contribution in [2.75, 3.05) is 13.7 Å². The Hall–Kier alpha value is -2.57. The Morgan fingerprint density at radius 1 is 1.12 bits per heavy atom. The summed E-state index contributed by atoms with van der Waals surface area (Å²) in [5, 5.41) is 5.93. The lowest BCUT2D eigenvalue weighted by Gasteiger charge is -2.16. The molecule has 138 valence electrons. The lowest BCUT2D eigenvalue weighted by atomic mass is 10.2. The Kier molecular flexibility index (Phi) is 7.44. The highest BCUT2D eigenvalue weighted by Gasteiger charge is 2.18. The zero-order valence-electron chi connectivity index (χ0n) is 14.6. The van der Waals surface area contributed by atoms with Crippen LogP contribution in [0.3, 0.4) is 0 Å². The average Bonchev–Trinajstić information content (AvgIpc) is 2.60. The van der Waals surface area contributed by atoms with E-state index < -0.39 is 6.04 Å². The fourth-order valence-electron chi connectivity index (χ4n) is 2.25. The molecule has 0 radical (unpaired) electrons. The van der Waals surface area contributed by atoms with E-state index in [2.05, 4.69) is 10.6 Å². The maximum Gasteiger partial charge on any atom is 0.245 e. The van der Waals surface area contributed by atoms with Crippen LogP contribution in [0.15, 0.2) is 48.5 Å². The number of halogens is 1. The van der Waals surface area contributed by atoms with Crippen molar-refractivity contribution in [3.63, 3.8) is 0 Å². The third-order valence-corrected chi connectivity index (χ3v) is 3.68. The van der Waals surface area contributed by atoms with Crippen molar-refractivity contribution in [1.82, 2.24) is 10.6 Å². The number of ether oxygens (including phenoxy) is 2. The van der Waals surface area contributed by atoms with E-state index in [1.807, 2.05) is 36.4 Å². The maximum atomic E-state index is 12.1. The van der Waals surface area contributed by atoms with E-state index in [0.29, 0.717) is 23.1 Å². The van der Waals surface area contributed by atoms with Gasteiger partial charge in [0.25, 0.3) is 0 Å². The zero-order valence-corrected chi connectivity index (χ0v) is 15.4. The van der Waals surface area contributed by atoms with E-state index in [9.17, 15) is 9.59 Å². The van der Waals surface area contributed by atoms with Crippen LogP contribution >= 0.6 is 11.6 Å². The molecule has 2 rings (SSSR count). The summed E-state index contributed by atoms with van der Waals surface area (Å²) in [5.74, 6) is 0.722. The molecule has 0 aliphatic heterocycles. The summed E-state index contributed by atoms with van der Waals surface area (Å²) in [4.78, 5) is 23.3. The normalized spacial score (nSPS) is 11.5. The van der Waals surface area contributed by atoms with E-state index in [-0.39, 0.29) is 18.4 Å². The number of carbonyl (C=O) groups is 2. The molecule has 0 fully saturated rings. The maximum absolute atomic E-state index is 12.1. The summed E-state index contributed by atoms with van der Waals surface area (Å²) in [5.41, 5.74) is 0.899. The molecule has 1 atom stereocenters. The van der Waals surface area contributed by atoms with Gasteiger partial charge in [-0.3, -0.25) is 9.59 Å². The first kappa shape index (κ1) is 19.8. The molecule has 2 aromatic carbocycles. The highest BCUT2D eigenvalue weighted by atomic mass is 35.5. The first-order chi connectivity index (χ1) is 12.5. The molecule has 0 heterocycles. The Morgan fingerprint density at radius 3 is 2.46 bits per heavy atom. The Bertz CT molecular complexity index is 749. The van der Waals surface area contributed by atoms with Crippen LogP contribution in [0.2, 0.25) is 5.02 Å². The predicted octanol–water partition coefficient (Wildman–Crippen LogP) is 2.90. The Labute approximate surface area is 157 Å². The van der Waals surface area contributed by atoms with Gasteiger partial charge < -0.3 is 20.1 Å². The fourth-order valence-corrected chi connectivity index (χ4v) is 2.43. The van der Waals surface area contributed by atoms with Gasteiger partial charge in [0.2, 0.25) is 11.8 Å². The van der Waals surface area contributed by atoms with Gasteiger partial charge in [0, 0.05) is 25.6 Å². The van der Waals surface area contributed by atoms with Gasteiger partial charge in [-0.05, 0) is 35.9 Å². The molecule has 7 heteroatoms. The molecule has 6 nitrogen and oxygen atoms in total. The van der Waals surface area contributed by atoms with E-state index in [0.717, 1.165) is 5.56 Å². The lowest BCUT2D eigenvalue weighted by Crippen LogP contribution is -2.48. The van der Waals surface area contributed by atoms with Crippen LogP contribution in [-0.2, 0) is 20.9 Å². The number of benzene rings is 2. The number of rotatable bonds is 8. The van der Waals surface area contributed by atoms with Gasteiger partial charge in [0.15, 0.2) is 0 Å². The van der Waals surface area contributed by atoms with E-state index in [4.69, 9.17) is 21.1 Å². The minimum atomic E-state index is -0.720. The van der Waals surface area contributed by atoms with Gasteiger partial charge >= 0.3 is 0 Å². The number of amides is 2. The smallest absolute Gasteiger partial charge is 0.245 e. The minimum absolute atomic E-state index is 0.109. The van der Waals surface area contributed by atoms with Gasteiger partial charge in [-0.25, -0.2) is 0 Å². The summed E-state index contributed by atoms with van der Waals surface area (Å²) < 4.78 is 10.7. The Balaban J connectivity index is 1.90. The largest absolute Gasteiger partial charge is 0.457 e. The van der Waals surface area contributed by atoms with Crippen molar-refractivity contribution >= 4 is 23.4 Å². The first-order valence-corrected chi connectivity index (χ1v) is 8.42. The predicted molar refractivity (Wildman–Crippen MR) is 99.3 cm³/mol. The second-order valence-corrected chi connectivity index (χ2v) is 6.07. The van der Waals surface area contributed by atoms with Crippen molar-refractivity contribution in [2.24, 2.45) is 0 Å². The monoisotopic (exact) mass is 376 g/mol. The number of hydrogen-bond acceptors (Lipinski definition) is 4. The summed E-state index contributed by atoms with van der Waals surface area (Å²) in [7, 11) is 1.47. The van der Waals surface area contributed by atoms with E-state index in [1.165, 1.54) is 14.0 Å². The molecule has 2 aromatic rings. The first-order valence-electron chi connectivity index (χ1n) is 8.04. The van der Waals surface area contributed by atoms with Crippen molar-refractivity contribution in [3.05, 3.63) is 59.1 Å². The molecule has 0 bridgehead atoms. The van der Waals surface area contributed by atoms with Crippen molar-refractivity contribution in [1.29, 1.82) is 0 Å². The van der Waals surface area contributed by atoms with Gasteiger partial charge in [0.05, 0.1) is 6.61 Å². The zero-order chi connectivity index (χ0) is 18.9. The minimum Gasteiger partial charge on any atom is -0.457 e. The van der Waals surface area contributed by atoms with Gasteiger partial charge in [-0.2, -0.15) is 0 Å². The molecule has 0 aromatic heterocycles. The van der Waals surface area contributed by atoms with Crippen LogP contribution in [0.4, 0.5) is 0 Å². The molecule has 0 unspecified atom stereocenters. The van der Waals surface area contributed by atoms with Crippen LogP contribution in [0.5, 0.6) is 11.5 Å². The standard InChI is InChI=1S/C19H21ClN2O4/c1-13(23)22-18(12-25-2)19(24)21-11-14-6-8-16(9-7-14)26-17-5-3-4-15(20)10-17/h3-10,18H,11-12H2,1-2H3,(H,21,24)(H,22,23)/t18-/m1/s1. The second-order valence-electron chi connectivity index (χ2n) is 5.63. The molecule has 0 aliphatic carbocycles. The second kappa shape index (κ2) is 9.79. The molecule has 0 aliphatic rings. The molecule has 26 heavy (non-hydrogen) atoms. The molecular weight excluding hydrogens is 356 g/mol. The van der Waals surface area contributed by atoms with Crippen LogP contribution in [0.1, 0.15) is 12.5 Å². The third kappa shape index (κ3) is 6.38. The van der Waals surface area contributed by atoms with E-state index >= 15 is 0 Å². The number of nitrogens with one attached hydrogen (secondary N) is 2. The topological polar surface area (TPSA) is 76.7 Å². The van der Waals surface area contributed by atoms with Crippen molar-refractivity contribution < 1.29 is 19.1 Å². The SMILES string of the molecule is COC[C@@H](NC(C)=O)C(=O)NCc1ccc(Oc2cccc(Cl)c2)cc1. The molecule has 0 saturated carbocycles. The number of methoxy groups -OCH3 is 1. The van der Waals surface area contributed by atoms with Crippen LogP contribution in [0.25, 0.3) is 0 Å². The molecular formula is C19H21ClN2O4. The van der Waals surface area contributed by atoms with Gasteiger partial charge in [-0.15, -0.1) is 0 Å². The van der Waals surface area contributed by atoms with Crippen LogP contribution in [-0.4, -0.2) is 31.6 Å². The number of carbonyl (C=O) groups excluding carboxylic acids is 2. The van der Waals surface area contributed by atoms with Gasteiger partial charge in [-0.1, -0.05) is 29.8 Å². The van der Waals surface area contributed by atoms with Crippen molar-refractivity contribution in [2.45, 2.75) is 19.5 Å². The summed E-state index contributed by atoms with van der Waals surface area (Å²) in [6, 6.07) is 13.7. The molecule has 2 N–H and O–H groups in total. The highest BCUT2D eigenvalue weighted by Crippen LogP contribution is 2.24. The fraction of sp³-hybridized carbons (Fsp3) is 0.263. The highest BCUT2D eigenvalue weighted by molar-refractivity contribution is 6.30. The summed E-state index contributed by atoms with van der Waals surface area (Å²) >= 11 is 5.93. The molecule has 0 spiro atoms. The Morgan fingerprint density at radius 2 is 1.85 bits per heavy atom. The summed E-state index contributed by atoms with van der Waals surface area (Å²) in [6.45, 7) is 1.79.